The zero-order chi connectivity index (χ0) is 17.6. The van der Waals surface area contributed by atoms with Gasteiger partial charge in [0.1, 0.15) is 0 Å². The summed E-state index contributed by atoms with van der Waals surface area (Å²) in [4.78, 5) is 17.8. The number of benzene rings is 1. The molecule has 1 saturated heterocycles. The first-order chi connectivity index (χ1) is 12.2. The number of esters is 1. The van der Waals surface area contributed by atoms with Crippen molar-refractivity contribution in [3.63, 3.8) is 0 Å². The zero-order valence-corrected chi connectivity index (χ0v) is 14.3. The lowest BCUT2D eigenvalue weighted by Gasteiger charge is -2.31. The highest BCUT2D eigenvalue weighted by Gasteiger charge is 2.17. The summed E-state index contributed by atoms with van der Waals surface area (Å²) in [6, 6.07) is 8.53. The van der Waals surface area contributed by atoms with Gasteiger partial charge in [-0.05, 0) is 37.5 Å². The molecule has 0 aliphatic carbocycles. The summed E-state index contributed by atoms with van der Waals surface area (Å²) < 4.78 is 10.2. The van der Waals surface area contributed by atoms with E-state index in [0.29, 0.717) is 13.2 Å². The number of carbonyl (C=O) groups is 1. The molecule has 1 fully saturated rings. The van der Waals surface area contributed by atoms with Crippen molar-refractivity contribution in [1.29, 1.82) is 0 Å². The quantitative estimate of drug-likeness (QED) is 0.777. The van der Waals surface area contributed by atoms with Gasteiger partial charge in [0.15, 0.2) is 0 Å². The summed E-state index contributed by atoms with van der Waals surface area (Å²) in [7, 11) is 0. The lowest BCUT2D eigenvalue weighted by molar-refractivity contribution is 0.0491. The minimum absolute atomic E-state index is 0.0898. The molecular weight excluding hydrogens is 322 g/mol. The van der Waals surface area contributed by atoms with Crippen LogP contribution in [0.3, 0.4) is 0 Å². The van der Waals surface area contributed by atoms with Crippen LogP contribution in [-0.2, 0) is 11.3 Å². The molecule has 0 saturated carbocycles. The Bertz CT molecular complexity index is 691. The van der Waals surface area contributed by atoms with Gasteiger partial charge in [-0.25, -0.2) is 9.78 Å². The fourth-order valence-electron chi connectivity index (χ4n) is 2.78. The number of hydrogen-bond donors (Lipinski definition) is 2. The fourth-order valence-corrected chi connectivity index (χ4v) is 2.78. The van der Waals surface area contributed by atoms with Gasteiger partial charge in [0.05, 0.1) is 18.9 Å². The van der Waals surface area contributed by atoms with Crippen molar-refractivity contribution in [2.45, 2.75) is 32.4 Å². The summed E-state index contributed by atoms with van der Waals surface area (Å²) in [6.07, 6.45) is 2.82. The molecule has 2 heterocycles. The van der Waals surface area contributed by atoms with Gasteiger partial charge in [0.2, 0.25) is 5.76 Å². The van der Waals surface area contributed by atoms with E-state index < -0.39 is 5.97 Å². The summed E-state index contributed by atoms with van der Waals surface area (Å²) in [5.74, 6) is -0.425. The predicted octanol–water partition coefficient (Wildman–Crippen LogP) is 2.42. The monoisotopic (exact) mass is 345 g/mol. The molecule has 2 aromatic rings. The first-order valence-electron chi connectivity index (χ1n) is 8.54. The highest BCUT2D eigenvalue weighted by atomic mass is 16.5. The van der Waals surface area contributed by atoms with Gasteiger partial charge in [-0.2, -0.15) is 0 Å². The number of hydrogen-bond acceptors (Lipinski definition) is 7. The molecule has 0 amide bonds. The highest BCUT2D eigenvalue weighted by Crippen LogP contribution is 2.21. The average Bonchev–Trinajstić information content (AvgIpc) is 3.11. The molecule has 0 bridgehead atoms. The highest BCUT2D eigenvalue weighted by molar-refractivity contribution is 5.86. The van der Waals surface area contributed by atoms with E-state index in [0.717, 1.165) is 37.2 Å². The molecule has 0 unspecified atom stereocenters. The summed E-state index contributed by atoms with van der Waals surface area (Å²) in [5, 5.41) is 12.6. The maximum Gasteiger partial charge on any atom is 0.376 e. The molecule has 1 aliphatic rings. The van der Waals surface area contributed by atoms with Gasteiger partial charge in [-0.1, -0.05) is 12.1 Å². The normalized spacial score (nSPS) is 15.2. The van der Waals surface area contributed by atoms with Gasteiger partial charge in [0.25, 0.3) is 6.01 Å². The van der Waals surface area contributed by atoms with E-state index in [-0.39, 0.29) is 17.9 Å². The third-order valence-electron chi connectivity index (χ3n) is 4.19. The topological polar surface area (TPSA) is 87.8 Å². The van der Waals surface area contributed by atoms with Crippen LogP contribution in [0.15, 0.2) is 34.9 Å². The van der Waals surface area contributed by atoms with Gasteiger partial charge < -0.3 is 24.5 Å². The molecule has 7 nitrogen and oxygen atoms in total. The number of anilines is 2. The van der Waals surface area contributed by atoms with Gasteiger partial charge in [-0.15, -0.1) is 0 Å². The van der Waals surface area contributed by atoms with Crippen molar-refractivity contribution >= 4 is 17.7 Å². The molecular formula is C18H23N3O4. The SMILES string of the molecule is CCOC(=O)c1cnc(NCc2ccc(N3CCC(O)CC3)cc2)o1. The molecule has 25 heavy (non-hydrogen) atoms. The third-order valence-corrected chi connectivity index (χ3v) is 4.19. The van der Waals surface area contributed by atoms with Crippen molar-refractivity contribution in [2.75, 3.05) is 29.9 Å². The Labute approximate surface area is 146 Å². The van der Waals surface area contributed by atoms with Crippen LogP contribution in [0.25, 0.3) is 0 Å². The number of piperidine rings is 1. The number of oxazole rings is 1. The van der Waals surface area contributed by atoms with E-state index in [1.807, 2.05) is 12.1 Å². The van der Waals surface area contributed by atoms with E-state index in [1.54, 1.807) is 6.92 Å². The second-order valence-corrected chi connectivity index (χ2v) is 5.99. The van der Waals surface area contributed by atoms with E-state index >= 15 is 0 Å². The standard InChI is InChI=1S/C18H23N3O4/c1-2-24-17(23)16-12-20-18(25-16)19-11-13-3-5-14(6-4-13)21-9-7-15(22)8-10-21/h3-6,12,15,22H,2,7-11H2,1H3,(H,19,20). The molecule has 7 heteroatoms. The number of aromatic nitrogens is 1. The van der Waals surface area contributed by atoms with E-state index in [2.05, 4.69) is 27.3 Å². The third kappa shape index (κ3) is 4.51. The number of nitrogens with zero attached hydrogens (tertiary/aromatic N) is 2. The minimum atomic E-state index is -0.515. The van der Waals surface area contributed by atoms with E-state index in [9.17, 15) is 9.90 Å². The van der Waals surface area contributed by atoms with Crippen LogP contribution < -0.4 is 10.2 Å². The number of carbonyl (C=O) groups excluding carboxylic acids is 1. The number of ether oxygens (including phenoxy) is 1. The first kappa shape index (κ1) is 17.3. The van der Waals surface area contributed by atoms with Gasteiger partial charge in [0, 0.05) is 25.3 Å². The van der Waals surface area contributed by atoms with Crippen LogP contribution in [-0.4, -0.2) is 41.9 Å². The smallest absolute Gasteiger partial charge is 0.376 e. The lowest BCUT2D eigenvalue weighted by Crippen LogP contribution is -2.35. The lowest BCUT2D eigenvalue weighted by atomic mass is 10.1. The van der Waals surface area contributed by atoms with E-state index in [4.69, 9.17) is 9.15 Å². The number of aliphatic hydroxyl groups excluding tert-OH is 1. The average molecular weight is 345 g/mol. The van der Waals surface area contributed by atoms with Gasteiger partial charge in [-0.3, -0.25) is 0 Å². The molecule has 1 aromatic carbocycles. The number of rotatable bonds is 6. The second kappa shape index (κ2) is 8.02. The van der Waals surface area contributed by atoms with E-state index in [1.165, 1.54) is 6.20 Å². The van der Waals surface area contributed by atoms with Crippen LogP contribution in [0.4, 0.5) is 11.7 Å². The first-order valence-corrected chi connectivity index (χ1v) is 8.54. The molecule has 0 spiro atoms. The fraction of sp³-hybridized carbons (Fsp3) is 0.444. The zero-order valence-electron chi connectivity index (χ0n) is 14.3. The maximum atomic E-state index is 11.5. The van der Waals surface area contributed by atoms with Gasteiger partial charge >= 0.3 is 5.97 Å². The molecule has 0 radical (unpaired) electrons. The number of aliphatic hydroxyl groups is 1. The summed E-state index contributed by atoms with van der Waals surface area (Å²) >= 11 is 0. The van der Waals surface area contributed by atoms with Crippen molar-refractivity contribution in [3.8, 4) is 0 Å². The molecule has 2 N–H and O–H groups in total. The predicted molar refractivity (Wildman–Crippen MR) is 93.7 cm³/mol. The van der Waals surface area contributed by atoms with Crippen LogP contribution in [0.5, 0.6) is 0 Å². The van der Waals surface area contributed by atoms with Crippen LogP contribution in [0.2, 0.25) is 0 Å². The molecule has 134 valence electrons. The Morgan fingerprint density at radius 2 is 2.08 bits per heavy atom. The summed E-state index contributed by atoms with van der Waals surface area (Å²) in [6.45, 7) is 4.34. The summed E-state index contributed by atoms with van der Waals surface area (Å²) in [5.41, 5.74) is 2.24. The minimum Gasteiger partial charge on any atom is -0.460 e. The maximum absolute atomic E-state index is 11.5. The molecule has 3 rings (SSSR count). The Balaban J connectivity index is 1.53. The Kier molecular flexibility index (Phi) is 5.55. The molecule has 0 atom stereocenters. The molecule has 1 aromatic heterocycles. The Morgan fingerprint density at radius 1 is 1.36 bits per heavy atom. The van der Waals surface area contributed by atoms with Crippen molar-refractivity contribution in [3.05, 3.63) is 41.8 Å². The van der Waals surface area contributed by atoms with Crippen molar-refractivity contribution in [1.82, 2.24) is 4.98 Å². The van der Waals surface area contributed by atoms with Crippen molar-refractivity contribution < 1.29 is 19.1 Å². The second-order valence-electron chi connectivity index (χ2n) is 5.99. The van der Waals surface area contributed by atoms with Crippen LogP contribution in [0, 0.1) is 0 Å². The molecule has 1 aliphatic heterocycles. The number of nitrogens with one attached hydrogen (secondary N) is 1. The Hall–Kier alpha value is -2.54. The van der Waals surface area contributed by atoms with Crippen LogP contribution >= 0.6 is 0 Å². The Morgan fingerprint density at radius 3 is 2.76 bits per heavy atom. The largest absolute Gasteiger partial charge is 0.460 e. The van der Waals surface area contributed by atoms with Crippen molar-refractivity contribution in [2.24, 2.45) is 0 Å². The van der Waals surface area contributed by atoms with Crippen LogP contribution in [0.1, 0.15) is 35.9 Å².